The highest BCUT2D eigenvalue weighted by Gasteiger charge is 2.82. The number of halogens is 10. The molecule has 1 aliphatic carbocycles. The van der Waals surface area contributed by atoms with Crippen LogP contribution in [0.1, 0.15) is 44.6 Å². The zero-order valence-electron chi connectivity index (χ0n) is 16.7. The number of rotatable bonds is 7. The second-order valence-corrected chi connectivity index (χ2v) is 7.75. The van der Waals surface area contributed by atoms with Gasteiger partial charge in [0.05, 0.1) is 5.92 Å². The molecule has 0 bridgehead atoms. The van der Waals surface area contributed by atoms with Crippen molar-refractivity contribution < 1.29 is 53.4 Å². The molecule has 1 saturated carbocycles. The third kappa shape index (κ3) is 4.83. The molecule has 0 spiro atoms. The zero-order chi connectivity index (χ0) is 24.5. The predicted octanol–water partition coefficient (Wildman–Crippen LogP) is 6.96. The number of aryl methyl sites for hydroxylation is 1. The molecule has 0 atom stereocenters. The molecule has 182 valence electrons. The fourth-order valence-corrected chi connectivity index (χ4v) is 3.60. The molecular weight excluding hydrogens is 462 g/mol. The first-order chi connectivity index (χ1) is 14.6. The van der Waals surface area contributed by atoms with Gasteiger partial charge in [0.25, 0.3) is 0 Å². The first kappa shape index (κ1) is 26.2. The highest BCUT2D eigenvalue weighted by molar-refractivity contribution is 5.75. The average molecular weight is 482 g/mol. The van der Waals surface area contributed by atoms with Crippen LogP contribution in [0.3, 0.4) is 0 Å². The molecule has 0 aromatic heterocycles. The van der Waals surface area contributed by atoms with E-state index in [2.05, 4.69) is 0 Å². The quantitative estimate of drug-likeness (QED) is 0.239. The van der Waals surface area contributed by atoms with Crippen molar-refractivity contribution in [2.45, 2.75) is 69.4 Å². The number of ether oxygens (including phenoxy) is 1. The molecule has 0 N–H and O–H groups in total. The van der Waals surface area contributed by atoms with Crippen molar-refractivity contribution in [3.63, 3.8) is 0 Å². The van der Waals surface area contributed by atoms with Crippen LogP contribution in [0.4, 0.5) is 43.9 Å². The number of hydrogen-bond donors (Lipinski definition) is 0. The zero-order valence-corrected chi connectivity index (χ0v) is 16.7. The minimum atomic E-state index is -6.94. The van der Waals surface area contributed by atoms with E-state index < -0.39 is 79.0 Å². The van der Waals surface area contributed by atoms with E-state index in [1.807, 2.05) is 6.92 Å². The standard InChI is InChI=1S/C20H20F10O2/c1-2-3-11-4-9-15(14(21)10-11)32-16(31)12-5-7-13(8-6-12)17(22,23)18(24,25)19(26,27)20(28,29)30/h4,9-10,12-13H,2-3,5-8H2,1H3/t12-,13-. The Bertz CT molecular complexity index is 811. The summed E-state index contributed by atoms with van der Waals surface area (Å²) in [6.45, 7) is 1.87. The summed E-state index contributed by atoms with van der Waals surface area (Å²) in [5, 5.41) is 0. The average Bonchev–Trinajstić information content (AvgIpc) is 2.69. The Hall–Kier alpha value is -2.01. The monoisotopic (exact) mass is 482 g/mol. The lowest BCUT2D eigenvalue weighted by Gasteiger charge is -2.39. The summed E-state index contributed by atoms with van der Waals surface area (Å²) in [7, 11) is 0. The van der Waals surface area contributed by atoms with Crippen molar-refractivity contribution in [2.75, 3.05) is 0 Å². The summed E-state index contributed by atoms with van der Waals surface area (Å²) in [6, 6.07) is 3.85. The number of esters is 1. The number of benzene rings is 1. The van der Waals surface area contributed by atoms with Gasteiger partial charge in [0.1, 0.15) is 0 Å². The van der Waals surface area contributed by atoms with Gasteiger partial charge < -0.3 is 4.74 Å². The summed E-state index contributed by atoms with van der Waals surface area (Å²) < 4.78 is 137. The van der Waals surface area contributed by atoms with Crippen molar-refractivity contribution in [3.8, 4) is 5.75 Å². The van der Waals surface area contributed by atoms with E-state index >= 15 is 0 Å². The van der Waals surface area contributed by atoms with E-state index in [1.165, 1.54) is 12.1 Å². The fraction of sp³-hybridized carbons (Fsp3) is 0.650. The second kappa shape index (κ2) is 9.09. The molecular formula is C20H20F10O2. The van der Waals surface area contributed by atoms with Gasteiger partial charge in [0.2, 0.25) is 0 Å². The lowest BCUT2D eigenvalue weighted by molar-refractivity contribution is -0.404. The molecule has 1 aliphatic rings. The maximum Gasteiger partial charge on any atom is 0.460 e. The second-order valence-electron chi connectivity index (χ2n) is 7.75. The van der Waals surface area contributed by atoms with Crippen LogP contribution >= 0.6 is 0 Å². The number of carbonyl (C=O) groups excluding carboxylic acids is 1. The summed E-state index contributed by atoms with van der Waals surface area (Å²) in [6.07, 6.45) is -8.47. The third-order valence-corrected chi connectivity index (χ3v) is 5.49. The van der Waals surface area contributed by atoms with E-state index in [9.17, 15) is 48.7 Å². The van der Waals surface area contributed by atoms with Crippen LogP contribution < -0.4 is 4.74 Å². The van der Waals surface area contributed by atoms with Gasteiger partial charge in [-0.15, -0.1) is 0 Å². The van der Waals surface area contributed by atoms with Gasteiger partial charge in [-0.1, -0.05) is 19.4 Å². The van der Waals surface area contributed by atoms with Gasteiger partial charge in [0.15, 0.2) is 11.6 Å². The van der Waals surface area contributed by atoms with Crippen LogP contribution in [0.25, 0.3) is 0 Å². The van der Waals surface area contributed by atoms with Crippen LogP contribution in [-0.4, -0.2) is 29.9 Å². The number of hydrogen-bond acceptors (Lipinski definition) is 2. The molecule has 0 unspecified atom stereocenters. The van der Waals surface area contributed by atoms with E-state index in [0.29, 0.717) is 12.0 Å². The Morgan fingerprint density at radius 2 is 1.50 bits per heavy atom. The van der Waals surface area contributed by atoms with Crippen molar-refractivity contribution in [2.24, 2.45) is 11.8 Å². The van der Waals surface area contributed by atoms with Gasteiger partial charge in [-0.3, -0.25) is 4.79 Å². The lowest BCUT2D eigenvalue weighted by atomic mass is 9.76. The van der Waals surface area contributed by atoms with E-state index in [-0.39, 0.29) is 0 Å². The summed E-state index contributed by atoms with van der Waals surface area (Å²) in [5.41, 5.74) is 0.643. The van der Waals surface area contributed by atoms with Crippen molar-refractivity contribution in [1.82, 2.24) is 0 Å². The smallest absolute Gasteiger partial charge is 0.423 e. The molecule has 2 nitrogen and oxygen atoms in total. The molecule has 1 fully saturated rings. The van der Waals surface area contributed by atoms with Crippen LogP contribution in [0.2, 0.25) is 0 Å². The molecule has 2 rings (SSSR count). The highest BCUT2D eigenvalue weighted by Crippen LogP contribution is 2.57. The largest absolute Gasteiger partial charge is 0.460 e. The van der Waals surface area contributed by atoms with Gasteiger partial charge in [-0.05, 0) is 49.8 Å². The van der Waals surface area contributed by atoms with Gasteiger partial charge in [-0.25, -0.2) is 4.39 Å². The summed E-state index contributed by atoms with van der Waals surface area (Å²) >= 11 is 0. The van der Waals surface area contributed by atoms with Crippen LogP contribution in [0, 0.1) is 17.7 Å². The van der Waals surface area contributed by atoms with Crippen LogP contribution in [-0.2, 0) is 11.2 Å². The minimum Gasteiger partial charge on any atom is -0.423 e. The Labute approximate surface area is 176 Å². The summed E-state index contributed by atoms with van der Waals surface area (Å²) in [4.78, 5) is 12.2. The normalized spacial score (nSPS) is 20.8. The molecule has 1 aromatic carbocycles. The molecule has 1 aromatic rings. The highest BCUT2D eigenvalue weighted by atomic mass is 19.4. The minimum absolute atomic E-state index is 0.432. The first-order valence-corrected chi connectivity index (χ1v) is 9.76. The van der Waals surface area contributed by atoms with E-state index in [0.717, 1.165) is 12.5 Å². The molecule has 0 saturated heterocycles. The fourth-order valence-electron chi connectivity index (χ4n) is 3.60. The van der Waals surface area contributed by atoms with Crippen molar-refractivity contribution in [3.05, 3.63) is 29.6 Å². The number of carbonyl (C=O) groups is 1. The van der Waals surface area contributed by atoms with Gasteiger partial charge in [-0.2, -0.15) is 39.5 Å². The molecule has 0 radical (unpaired) electrons. The molecule has 0 heterocycles. The van der Waals surface area contributed by atoms with Crippen LogP contribution in [0.5, 0.6) is 5.75 Å². The SMILES string of the molecule is CCCc1ccc(OC(=O)[C@H]2CC[C@H](C(F)(F)C(F)(F)C(F)(F)C(F)(F)F)CC2)c(F)c1. The molecule has 32 heavy (non-hydrogen) atoms. The third-order valence-electron chi connectivity index (χ3n) is 5.49. The maximum atomic E-state index is 14.0. The molecule has 0 amide bonds. The Kier molecular flexibility index (Phi) is 7.45. The Morgan fingerprint density at radius 1 is 0.938 bits per heavy atom. The van der Waals surface area contributed by atoms with Crippen LogP contribution in [0.15, 0.2) is 18.2 Å². The topological polar surface area (TPSA) is 26.3 Å². The molecule has 12 heteroatoms. The maximum absolute atomic E-state index is 14.0. The first-order valence-electron chi connectivity index (χ1n) is 9.76. The molecule has 0 aliphatic heterocycles. The van der Waals surface area contributed by atoms with Crippen molar-refractivity contribution >= 4 is 5.97 Å². The lowest BCUT2D eigenvalue weighted by Crippen LogP contribution is -2.63. The van der Waals surface area contributed by atoms with E-state index in [4.69, 9.17) is 4.74 Å². The van der Waals surface area contributed by atoms with Gasteiger partial charge >= 0.3 is 29.9 Å². The van der Waals surface area contributed by atoms with E-state index in [1.54, 1.807) is 0 Å². The Balaban J connectivity index is 2.05. The number of alkyl halides is 9. The Morgan fingerprint density at radius 3 is 1.97 bits per heavy atom. The predicted molar refractivity (Wildman–Crippen MR) is 92.4 cm³/mol. The van der Waals surface area contributed by atoms with Gasteiger partial charge in [0, 0.05) is 5.92 Å². The van der Waals surface area contributed by atoms with Crippen molar-refractivity contribution in [1.29, 1.82) is 0 Å². The summed E-state index contributed by atoms with van der Waals surface area (Å²) in [5.74, 6) is -25.3.